The van der Waals surface area contributed by atoms with Gasteiger partial charge in [-0.25, -0.2) is 0 Å². The lowest BCUT2D eigenvalue weighted by Crippen LogP contribution is -2.31. The molecule has 86 valence electrons. The van der Waals surface area contributed by atoms with E-state index in [2.05, 4.69) is 23.1 Å². The minimum Gasteiger partial charge on any atom is -0.392 e. The van der Waals surface area contributed by atoms with Crippen molar-refractivity contribution in [3.8, 4) is 6.07 Å². The lowest BCUT2D eigenvalue weighted by Gasteiger charge is -2.22. The Kier molecular flexibility index (Phi) is 5.55. The van der Waals surface area contributed by atoms with Crippen molar-refractivity contribution in [1.29, 1.82) is 5.26 Å². The highest BCUT2D eigenvalue weighted by Gasteiger charge is 2.08. The van der Waals surface area contributed by atoms with E-state index in [0.29, 0.717) is 19.5 Å². The standard InChI is InChI=1S/C13H18N2O/c1-12(16)10-15(9-5-8-14)11-13-6-3-2-4-7-13/h2-4,6-7,12,16H,5,9-11H2,1H3. The number of benzene rings is 1. The zero-order chi connectivity index (χ0) is 11.8. The summed E-state index contributed by atoms with van der Waals surface area (Å²) in [6, 6.07) is 12.2. The van der Waals surface area contributed by atoms with Crippen molar-refractivity contribution in [2.45, 2.75) is 26.0 Å². The molecule has 0 aliphatic heterocycles. The van der Waals surface area contributed by atoms with Gasteiger partial charge in [0.1, 0.15) is 0 Å². The van der Waals surface area contributed by atoms with Gasteiger partial charge in [-0.3, -0.25) is 4.90 Å². The summed E-state index contributed by atoms with van der Waals surface area (Å²) >= 11 is 0. The summed E-state index contributed by atoms with van der Waals surface area (Å²) < 4.78 is 0. The van der Waals surface area contributed by atoms with Crippen LogP contribution < -0.4 is 0 Å². The van der Waals surface area contributed by atoms with E-state index in [1.165, 1.54) is 5.56 Å². The van der Waals surface area contributed by atoms with E-state index in [4.69, 9.17) is 5.26 Å². The first-order chi connectivity index (χ1) is 7.72. The van der Waals surface area contributed by atoms with Gasteiger partial charge in [0.25, 0.3) is 0 Å². The molecule has 1 unspecified atom stereocenters. The molecule has 0 bridgehead atoms. The number of hydrogen-bond acceptors (Lipinski definition) is 3. The van der Waals surface area contributed by atoms with Crippen LogP contribution in [0.3, 0.4) is 0 Å². The van der Waals surface area contributed by atoms with E-state index in [-0.39, 0.29) is 6.10 Å². The van der Waals surface area contributed by atoms with Crippen LogP contribution in [0.5, 0.6) is 0 Å². The Morgan fingerprint density at radius 1 is 1.38 bits per heavy atom. The molecule has 1 aromatic carbocycles. The number of hydrogen-bond donors (Lipinski definition) is 1. The van der Waals surface area contributed by atoms with Crippen molar-refractivity contribution in [2.24, 2.45) is 0 Å². The van der Waals surface area contributed by atoms with Crippen LogP contribution in [-0.4, -0.2) is 29.2 Å². The third kappa shape index (κ3) is 4.92. The molecule has 0 saturated heterocycles. The SMILES string of the molecule is CC(O)CN(CCC#N)Cc1ccccc1. The van der Waals surface area contributed by atoms with E-state index in [1.807, 2.05) is 18.2 Å². The maximum atomic E-state index is 9.38. The summed E-state index contributed by atoms with van der Waals surface area (Å²) in [5.41, 5.74) is 1.21. The Morgan fingerprint density at radius 3 is 2.62 bits per heavy atom. The Morgan fingerprint density at radius 2 is 2.06 bits per heavy atom. The molecule has 3 heteroatoms. The number of aliphatic hydroxyl groups excluding tert-OH is 1. The average Bonchev–Trinajstić information content (AvgIpc) is 2.26. The second kappa shape index (κ2) is 7.00. The van der Waals surface area contributed by atoms with Crippen LogP contribution in [-0.2, 0) is 6.54 Å². The van der Waals surface area contributed by atoms with Gasteiger partial charge in [0, 0.05) is 26.1 Å². The number of aliphatic hydroxyl groups is 1. The van der Waals surface area contributed by atoms with Gasteiger partial charge in [0.2, 0.25) is 0 Å². The largest absolute Gasteiger partial charge is 0.392 e. The molecule has 1 atom stereocenters. The second-order valence-electron chi connectivity index (χ2n) is 3.98. The quantitative estimate of drug-likeness (QED) is 0.791. The van der Waals surface area contributed by atoms with Crippen LogP contribution in [0, 0.1) is 11.3 Å². The van der Waals surface area contributed by atoms with Gasteiger partial charge in [-0.2, -0.15) is 5.26 Å². The fourth-order valence-corrected chi connectivity index (χ4v) is 1.66. The smallest absolute Gasteiger partial charge is 0.0639 e. The van der Waals surface area contributed by atoms with Gasteiger partial charge < -0.3 is 5.11 Å². The zero-order valence-corrected chi connectivity index (χ0v) is 9.63. The molecule has 1 aromatic rings. The molecule has 0 aliphatic rings. The first-order valence-corrected chi connectivity index (χ1v) is 5.53. The molecular formula is C13H18N2O. The van der Waals surface area contributed by atoms with E-state index >= 15 is 0 Å². The highest BCUT2D eigenvalue weighted by atomic mass is 16.3. The maximum absolute atomic E-state index is 9.38. The van der Waals surface area contributed by atoms with Gasteiger partial charge in [-0.15, -0.1) is 0 Å². The van der Waals surface area contributed by atoms with Crippen molar-refractivity contribution in [2.75, 3.05) is 13.1 Å². The topological polar surface area (TPSA) is 47.3 Å². The normalized spacial score (nSPS) is 12.4. The number of nitriles is 1. The molecule has 1 N–H and O–H groups in total. The molecule has 1 rings (SSSR count). The predicted octanol–water partition coefficient (Wildman–Crippen LogP) is 1.78. The molecule has 0 aromatic heterocycles. The van der Waals surface area contributed by atoms with Crippen LogP contribution >= 0.6 is 0 Å². The minimum absolute atomic E-state index is 0.359. The fourth-order valence-electron chi connectivity index (χ4n) is 1.66. The molecular weight excluding hydrogens is 200 g/mol. The Hall–Kier alpha value is -1.37. The molecule has 3 nitrogen and oxygen atoms in total. The maximum Gasteiger partial charge on any atom is 0.0639 e. The number of nitrogens with zero attached hydrogens (tertiary/aromatic N) is 2. The van der Waals surface area contributed by atoms with Crippen molar-refractivity contribution in [3.05, 3.63) is 35.9 Å². The summed E-state index contributed by atoms with van der Waals surface area (Å²) in [4.78, 5) is 2.10. The lowest BCUT2D eigenvalue weighted by atomic mass is 10.2. The van der Waals surface area contributed by atoms with E-state index in [0.717, 1.165) is 6.54 Å². The van der Waals surface area contributed by atoms with Crippen LogP contribution in [0.15, 0.2) is 30.3 Å². The first-order valence-electron chi connectivity index (χ1n) is 5.53. The van der Waals surface area contributed by atoms with Crippen molar-refractivity contribution in [1.82, 2.24) is 4.90 Å². The van der Waals surface area contributed by atoms with Crippen molar-refractivity contribution in [3.63, 3.8) is 0 Å². The minimum atomic E-state index is -0.359. The molecule has 0 spiro atoms. The summed E-state index contributed by atoms with van der Waals surface area (Å²) in [7, 11) is 0. The third-order valence-corrected chi connectivity index (χ3v) is 2.31. The monoisotopic (exact) mass is 218 g/mol. The van der Waals surface area contributed by atoms with Gasteiger partial charge in [0.15, 0.2) is 0 Å². The molecule has 0 heterocycles. The Labute approximate surface area is 96.9 Å². The summed E-state index contributed by atoms with van der Waals surface area (Å²) in [6.07, 6.45) is 0.141. The highest BCUT2D eigenvalue weighted by molar-refractivity contribution is 5.14. The van der Waals surface area contributed by atoms with E-state index in [9.17, 15) is 5.11 Å². The third-order valence-electron chi connectivity index (χ3n) is 2.31. The Bertz CT molecular complexity index is 330. The first kappa shape index (κ1) is 12.7. The summed E-state index contributed by atoms with van der Waals surface area (Å²) in [6.45, 7) is 3.87. The molecule has 0 aliphatic carbocycles. The van der Waals surface area contributed by atoms with Crippen molar-refractivity contribution >= 4 is 0 Å². The lowest BCUT2D eigenvalue weighted by molar-refractivity contribution is 0.124. The van der Waals surface area contributed by atoms with Crippen molar-refractivity contribution < 1.29 is 5.11 Å². The van der Waals surface area contributed by atoms with Crippen LogP contribution in [0.25, 0.3) is 0 Å². The average molecular weight is 218 g/mol. The highest BCUT2D eigenvalue weighted by Crippen LogP contribution is 2.05. The second-order valence-corrected chi connectivity index (χ2v) is 3.98. The van der Waals surface area contributed by atoms with Crippen LogP contribution in [0.2, 0.25) is 0 Å². The predicted molar refractivity (Wildman–Crippen MR) is 63.6 cm³/mol. The van der Waals surface area contributed by atoms with Crippen LogP contribution in [0.1, 0.15) is 18.9 Å². The van der Waals surface area contributed by atoms with Gasteiger partial charge in [-0.1, -0.05) is 30.3 Å². The van der Waals surface area contributed by atoms with Gasteiger partial charge in [-0.05, 0) is 12.5 Å². The summed E-state index contributed by atoms with van der Waals surface area (Å²) in [5.74, 6) is 0. The summed E-state index contributed by atoms with van der Waals surface area (Å²) in [5, 5.41) is 18.0. The Balaban J connectivity index is 2.53. The molecule has 0 fully saturated rings. The van der Waals surface area contributed by atoms with E-state index < -0.39 is 0 Å². The molecule has 0 radical (unpaired) electrons. The molecule has 16 heavy (non-hydrogen) atoms. The number of rotatable bonds is 6. The van der Waals surface area contributed by atoms with Crippen LogP contribution in [0.4, 0.5) is 0 Å². The molecule has 0 amide bonds. The van der Waals surface area contributed by atoms with E-state index in [1.54, 1.807) is 6.92 Å². The van der Waals surface area contributed by atoms with Gasteiger partial charge in [0.05, 0.1) is 12.2 Å². The zero-order valence-electron chi connectivity index (χ0n) is 9.63. The fraction of sp³-hybridized carbons (Fsp3) is 0.462. The molecule has 0 saturated carbocycles. The van der Waals surface area contributed by atoms with Gasteiger partial charge >= 0.3 is 0 Å².